The minimum atomic E-state index is -0.688. The molecular weight excluding hydrogens is 388 g/mol. The van der Waals surface area contributed by atoms with Crippen molar-refractivity contribution in [3.05, 3.63) is 75.0 Å². The summed E-state index contributed by atoms with van der Waals surface area (Å²) in [5.41, 5.74) is 2.73. The Morgan fingerprint density at radius 3 is 2.62 bits per heavy atom. The molecule has 0 aromatic carbocycles. The highest BCUT2D eigenvalue weighted by Crippen LogP contribution is 2.42. The van der Waals surface area contributed by atoms with E-state index in [4.69, 9.17) is 0 Å². The number of amides is 1. The Morgan fingerprint density at radius 2 is 2.03 bits per heavy atom. The van der Waals surface area contributed by atoms with Gasteiger partial charge in [0.2, 0.25) is 0 Å². The first-order chi connectivity index (χ1) is 13.9. The van der Waals surface area contributed by atoms with E-state index in [2.05, 4.69) is 10.1 Å². The quantitative estimate of drug-likeness (QED) is 0.407. The highest BCUT2D eigenvalue weighted by molar-refractivity contribution is 7.10. The van der Waals surface area contributed by atoms with E-state index >= 15 is 0 Å². The Kier molecular flexibility index (Phi) is 4.79. The van der Waals surface area contributed by atoms with E-state index in [0.29, 0.717) is 11.3 Å². The predicted molar refractivity (Wildman–Crippen MR) is 109 cm³/mol. The van der Waals surface area contributed by atoms with Gasteiger partial charge in [-0.25, -0.2) is 0 Å². The van der Waals surface area contributed by atoms with Crippen LogP contribution in [0.25, 0.3) is 5.76 Å². The van der Waals surface area contributed by atoms with Crippen molar-refractivity contribution in [3.8, 4) is 0 Å². The van der Waals surface area contributed by atoms with Gasteiger partial charge in [0.1, 0.15) is 5.76 Å². The molecule has 1 amide bonds. The number of aliphatic hydroxyl groups excluding tert-OH is 1. The molecule has 1 fully saturated rings. The third-order valence-electron chi connectivity index (χ3n) is 5.17. The Hall–Kier alpha value is -3.26. The molecule has 8 heteroatoms. The van der Waals surface area contributed by atoms with Crippen LogP contribution < -0.4 is 0 Å². The highest BCUT2D eigenvalue weighted by atomic mass is 32.1. The van der Waals surface area contributed by atoms with Crippen LogP contribution in [0.5, 0.6) is 0 Å². The Morgan fingerprint density at radius 1 is 1.24 bits per heavy atom. The number of thiophene rings is 1. The van der Waals surface area contributed by atoms with E-state index in [1.807, 2.05) is 30.5 Å². The summed E-state index contributed by atoms with van der Waals surface area (Å²) in [6.45, 7) is 3.82. The van der Waals surface area contributed by atoms with Crippen molar-refractivity contribution in [1.29, 1.82) is 0 Å². The maximum absolute atomic E-state index is 13.0. The van der Waals surface area contributed by atoms with E-state index in [0.717, 1.165) is 16.1 Å². The summed E-state index contributed by atoms with van der Waals surface area (Å²) in [4.78, 5) is 32.3. The molecule has 0 unspecified atom stereocenters. The van der Waals surface area contributed by atoms with Gasteiger partial charge in [-0.3, -0.25) is 19.3 Å². The van der Waals surface area contributed by atoms with Crippen LogP contribution in [-0.4, -0.2) is 36.5 Å². The molecule has 7 nitrogen and oxygen atoms in total. The second-order valence-corrected chi connectivity index (χ2v) is 7.95. The molecule has 1 saturated heterocycles. The third kappa shape index (κ3) is 3.15. The average Bonchev–Trinajstić information content (AvgIpc) is 3.37. The summed E-state index contributed by atoms with van der Waals surface area (Å²) >= 11 is 1.44. The van der Waals surface area contributed by atoms with Crippen molar-refractivity contribution >= 4 is 28.8 Å². The first kappa shape index (κ1) is 19.1. The SMILES string of the molecule is Cc1nn(C)c(C)c1/C(O)=C1\C(=O)C(=O)N(Cc2cccnc2)[C@H]1c1cccs1. The molecular formula is C21H20N4O3S. The van der Waals surface area contributed by atoms with Crippen LogP contribution in [0.3, 0.4) is 0 Å². The van der Waals surface area contributed by atoms with Crippen molar-refractivity contribution in [3.63, 3.8) is 0 Å². The topological polar surface area (TPSA) is 88.3 Å². The van der Waals surface area contributed by atoms with Gasteiger partial charge in [-0.15, -0.1) is 11.3 Å². The van der Waals surface area contributed by atoms with Crippen LogP contribution in [0.1, 0.15) is 33.4 Å². The zero-order valence-electron chi connectivity index (χ0n) is 16.3. The zero-order valence-corrected chi connectivity index (χ0v) is 17.1. The first-order valence-electron chi connectivity index (χ1n) is 9.11. The molecule has 1 aliphatic heterocycles. The molecule has 1 atom stereocenters. The van der Waals surface area contributed by atoms with Crippen molar-refractivity contribution < 1.29 is 14.7 Å². The summed E-state index contributed by atoms with van der Waals surface area (Å²) in [6.07, 6.45) is 3.32. The van der Waals surface area contributed by atoms with Crippen molar-refractivity contribution in [1.82, 2.24) is 19.7 Å². The molecule has 0 spiro atoms. The standard InChI is InChI=1S/C21H20N4O3S/c1-12-16(13(2)24(3)23-12)19(26)17-18(15-7-5-9-29-15)25(21(28)20(17)27)11-14-6-4-8-22-10-14/h4-10,18,26H,11H2,1-3H3/b19-17+/t18-/m0/s1. The molecule has 148 valence electrons. The molecule has 0 aliphatic carbocycles. The Labute approximate surface area is 171 Å². The molecule has 1 aliphatic rings. The van der Waals surface area contributed by atoms with E-state index in [-0.39, 0.29) is 17.9 Å². The van der Waals surface area contributed by atoms with Crippen molar-refractivity contribution in [2.75, 3.05) is 0 Å². The molecule has 0 bridgehead atoms. The van der Waals surface area contributed by atoms with Gasteiger partial charge >= 0.3 is 0 Å². The normalized spacial score (nSPS) is 18.6. The lowest BCUT2D eigenvalue weighted by Gasteiger charge is -2.24. The number of carbonyl (C=O) groups is 2. The molecule has 4 heterocycles. The number of hydrogen-bond donors (Lipinski definition) is 1. The van der Waals surface area contributed by atoms with E-state index < -0.39 is 17.7 Å². The van der Waals surface area contributed by atoms with Crippen LogP contribution in [0.4, 0.5) is 0 Å². The fourth-order valence-electron chi connectivity index (χ4n) is 3.73. The second-order valence-electron chi connectivity index (χ2n) is 6.97. The Bertz CT molecular complexity index is 1120. The molecule has 0 radical (unpaired) electrons. The monoisotopic (exact) mass is 408 g/mol. The summed E-state index contributed by atoms with van der Waals surface area (Å²) in [7, 11) is 1.77. The second kappa shape index (κ2) is 7.29. The largest absolute Gasteiger partial charge is 0.507 e. The number of ketones is 1. The number of hydrogen-bond acceptors (Lipinski definition) is 6. The number of carbonyl (C=O) groups excluding carboxylic acids is 2. The summed E-state index contributed by atoms with van der Waals surface area (Å²) in [6, 6.07) is 6.72. The number of Topliss-reactive ketones (excluding diaryl/α,β-unsaturated/α-hetero) is 1. The number of rotatable bonds is 4. The lowest BCUT2D eigenvalue weighted by molar-refractivity contribution is -0.140. The van der Waals surface area contributed by atoms with Crippen molar-refractivity contribution in [2.24, 2.45) is 7.05 Å². The predicted octanol–water partition coefficient (Wildman–Crippen LogP) is 3.12. The molecule has 4 rings (SSSR count). The molecule has 3 aromatic heterocycles. The van der Waals surface area contributed by atoms with Crippen LogP contribution >= 0.6 is 11.3 Å². The summed E-state index contributed by atoms with van der Waals surface area (Å²) in [5, 5.41) is 17.4. The highest BCUT2D eigenvalue weighted by Gasteiger charge is 2.47. The van der Waals surface area contributed by atoms with Gasteiger partial charge in [0.15, 0.2) is 0 Å². The maximum atomic E-state index is 13.0. The minimum Gasteiger partial charge on any atom is -0.507 e. The van der Waals surface area contributed by atoms with Crippen molar-refractivity contribution in [2.45, 2.75) is 26.4 Å². The zero-order chi connectivity index (χ0) is 20.7. The number of aryl methyl sites for hydroxylation is 2. The van der Waals surface area contributed by atoms with Crippen LogP contribution in [0, 0.1) is 13.8 Å². The Balaban J connectivity index is 1.88. The van der Waals surface area contributed by atoms with Crippen LogP contribution in [0.2, 0.25) is 0 Å². The van der Waals surface area contributed by atoms with Gasteiger partial charge in [0, 0.05) is 36.6 Å². The number of aliphatic hydroxyl groups is 1. The summed E-state index contributed by atoms with van der Waals surface area (Å²) in [5.74, 6) is -1.50. The molecule has 1 N–H and O–H groups in total. The van der Waals surface area contributed by atoms with E-state index in [1.165, 1.54) is 16.2 Å². The van der Waals surface area contributed by atoms with Gasteiger partial charge in [0.05, 0.1) is 22.9 Å². The maximum Gasteiger partial charge on any atom is 0.295 e. The number of likely N-dealkylation sites (tertiary alicyclic amines) is 1. The number of pyridine rings is 1. The third-order valence-corrected chi connectivity index (χ3v) is 6.10. The van der Waals surface area contributed by atoms with Gasteiger partial charge in [-0.2, -0.15) is 5.10 Å². The fourth-order valence-corrected chi connectivity index (χ4v) is 4.57. The van der Waals surface area contributed by atoms with Crippen LogP contribution in [-0.2, 0) is 23.2 Å². The average molecular weight is 408 g/mol. The fraction of sp³-hybridized carbons (Fsp3) is 0.238. The lowest BCUT2D eigenvalue weighted by atomic mass is 9.99. The van der Waals surface area contributed by atoms with Crippen LogP contribution in [0.15, 0.2) is 47.6 Å². The van der Waals surface area contributed by atoms with Gasteiger partial charge in [0.25, 0.3) is 11.7 Å². The van der Waals surface area contributed by atoms with E-state index in [9.17, 15) is 14.7 Å². The van der Waals surface area contributed by atoms with Gasteiger partial charge in [-0.1, -0.05) is 12.1 Å². The molecule has 3 aromatic rings. The van der Waals surface area contributed by atoms with Gasteiger partial charge in [-0.05, 0) is 36.9 Å². The first-order valence-corrected chi connectivity index (χ1v) is 9.99. The minimum absolute atomic E-state index is 0.0977. The number of aromatic nitrogens is 3. The summed E-state index contributed by atoms with van der Waals surface area (Å²) < 4.78 is 1.65. The lowest BCUT2D eigenvalue weighted by Crippen LogP contribution is -2.28. The smallest absolute Gasteiger partial charge is 0.295 e. The van der Waals surface area contributed by atoms with E-state index in [1.54, 1.807) is 37.1 Å². The molecule has 0 saturated carbocycles. The van der Waals surface area contributed by atoms with Gasteiger partial charge < -0.3 is 10.0 Å². The number of nitrogens with zero attached hydrogens (tertiary/aromatic N) is 4. The molecule has 29 heavy (non-hydrogen) atoms.